The third-order valence-electron chi connectivity index (χ3n) is 5.63. The first-order valence-corrected chi connectivity index (χ1v) is 9.86. The summed E-state index contributed by atoms with van der Waals surface area (Å²) in [5.74, 6) is -1.47. The van der Waals surface area contributed by atoms with Crippen LogP contribution in [0.3, 0.4) is 0 Å². The van der Waals surface area contributed by atoms with Gasteiger partial charge >= 0.3 is 5.97 Å². The number of rotatable bonds is 6. The Morgan fingerprint density at radius 1 is 1.04 bits per heavy atom. The van der Waals surface area contributed by atoms with Crippen molar-refractivity contribution in [1.82, 2.24) is 0 Å². The Balaban J connectivity index is 1.52. The average molecular weight is 359 g/mol. The molecular weight excluding hydrogens is 330 g/mol. The van der Waals surface area contributed by atoms with E-state index in [-0.39, 0.29) is 11.8 Å². The van der Waals surface area contributed by atoms with Crippen molar-refractivity contribution in [3.8, 4) is 0 Å². The maximum absolute atomic E-state index is 12.5. The number of hydrogen-bond donors (Lipinski definition) is 2. The molecule has 5 nitrogen and oxygen atoms in total. The first-order chi connectivity index (χ1) is 12.6. The van der Waals surface area contributed by atoms with Crippen LogP contribution in [-0.2, 0) is 20.9 Å². The number of nitrogens with one attached hydrogen (secondary N) is 1. The first-order valence-electron chi connectivity index (χ1n) is 9.86. The van der Waals surface area contributed by atoms with E-state index in [9.17, 15) is 14.7 Å². The van der Waals surface area contributed by atoms with Gasteiger partial charge in [-0.3, -0.25) is 9.59 Å². The number of carbonyl (C=O) groups excluding carboxylic acids is 1. The topological polar surface area (TPSA) is 75.6 Å². The first kappa shape index (κ1) is 18.9. The summed E-state index contributed by atoms with van der Waals surface area (Å²) in [5.41, 5.74) is 1.82. The highest BCUT2D eigenvalue weighted by atomic mass is 16.5. The van der Waals surface area contributed by atoms with Gasteiger partial charge in [0.05, 0.1) is 18.6 Å². The van der Waals surface area contributed by atoms with Gasteiger partial charge in [0.2, 0.25) is 5.91 Å². The smallest absolute Gasteiger partial charge is 0.306 e. The van der Waals surface area contributed by atoms with Crippen molar-refractivity contribution >= 4 is 17.6 Å². The summed E-state index contributed by atoms with van der Waals surface area (Å²) in [6, 6.07) is 7.77. The lowest BCUT2D eigenvalue weighted by atomic mass is 9.81. The van der Waals surface area contributed by atoms with E-state index in [2.05, 4.69) is 5.32 Å². The lowest BCUT2D eigenvalue weighted by Crippen LogP contribution is -2.30. The number of amides is 1. The van der Waals surface area contributed by atoms with E-state index >= 15 is 0 Å². The maximum Gasteiger partial charge on any atom is 0.306 e. The summed E-state index contributed by atoms with van der Waals surface area (Å²) in [7, 11) is 0. The van der Waals surface area contributed by atoms with E-state index in [1.807, 2.05) is 24.3 Å². The van der Waals surface area contributed by atoms with E-state index in [1.54, 1.807) is 0 Å². The van der Waals surface area contributed by atoms with Gasteiger partial charge in [-0.15, -0.1) is 0 Å². The van der Waals surface area contributed by atoms with Gasteiger partial charge in [-0.1, -0.05) is 37.8 Å². The second-order valence-electron chi connectivity index (χ2n) is 7.66. The number of benzene rings is 1. The molecule has 1 aromatic rings. The highest BCUT2D eigenvalue weighted by Crippen LogP contribution is 2.30. The Morgan fingerprint density at radius 2 is 1.81 bits per heavy atom. The third kappa shape index (κ3) is 5.31. The SMILES string of the molecule is O=C(O)C1CCCC(C(=O)Nc2cccc(COC3CCCCC3)c2)C1. The Bertz CT molecular complexity index is 624. The molecule has 3 rings (SSSR count). The summed E-state index contributed by atoms with van der Waals surface area (Å²) in [6.45, 7) is 0.568. The van der Waals surface area contributed by atoms with Crippen LogP contribution < -0.4 is 5.32 Å². The number of ether oxygens (including phenoxy) is 1. The summed E-state index contributed by atoms with van der Waals surface area (Å²) in [6.07, 6.45) is 9.12. The van der Waals surface area contributed by atoms with E-state index in [1.165, 1.54) is 19.3 Å². The van der Waals surface area contributed by atoms with Crippen molar-refractivity contribution in [3.63, 3.8) is 0 Å². The fraction of sp³-hybridized carbons (Fsp3) is 0.619. The molecule has 2 aliphatic carbocycles. The number of anilines is 1. The Labute approximate surface area is 155 Å². The molecule has 1 aromatic carbocycles. The molecule has 26 heavy (non-hydrogen) atoms. The molecule has 142 valence electrons. The van der Waals surface area contributed by atoms with E-state index in [0.717, 1.165) is 36.9 Å². The molecule has 0 aliphatic heterocycles. The highest BCUT2D eigenvalue weighted by molar-refractivity contribution is 5.93. The van der Waals surface area contributed by atoms with Crippen LogP contribution in [0.15, 0.2) is 24.3 Å². The molecule has 2 aliphatic rings. The molecule has 0 bridgehead atoms. The van der Waals surface area contributed by atoms with Crippen LogP contribution in [-0.4, -0.2) is 23.1 Å². The predicted molar refractivity (Wildman–Crippen MR) is 99.8 cm³/mol. The zero-order valence-corrected chi connectivity index (χ0v) is 15.3. The number of carbonyl (C=O) groups is 2. The van der Waals surface area contributed by atoms with Crippen molar-refractivity contribution in [2.75, 3.05) is 5.32 Å². The normalized spacial score (nSPS) is 24.2. The zero-order chi connectivity index (χ0) is 18.4. The van der Waals surface area contributed by atoms with Gasteiger partial charge in [-0.05, 0) is 49.8 Å². The Hall–Kier alpha value is -1.88. The van der Waals surface area contributed by atoms with E-state index in [4.69, 9.17) is 4.74 Å². The van der Waals surface area contributed by atoms with Crippen molar-refractivity contribution in [2.24, 2.45) is 11.8 Å². The minimum absolute atomic E-state index is 0.0682. The fourth-order valence-corrected chi connectivity index (χ4v) is 4.08. The minimum atomic E-state index is -0.788. The number of hydrogen-bond acceptors (Lipinski definition) is 3. The summed E-state index contributed by atoms with van der Waals surface area (Å²) >= 11 is 0. The molecule has 1 amide bonds. The van der Waals surface area contributed by atoms with Crippen molar-refractivity contribution in [3.05, 3.63) is 29.8 Å². The van der Waals surface area contributed by atoms with Crippen molar-refractivity contribution in [2.45, 2.75) is 70.5 Å². The van der Waals surface area contributed by atoms with Gasteiger partial charge in [-0.25, -0.2) is 0 Å². The predicted octanol–water partition coefficient (Wildman–Crippen LogP) is 4.37. The van der Waals surface area contributed by atoms with Gasteiger partial charge in [0, 0.05) is 11.6 Å². The van der Waals surface area contributed by atoms with Gasteiger partial charge in [-0.2, -0.15) is 0 Å². The molecule has 2 N–H and O–H groups in total. The standard InChI is InChI=1S/C21H29NO4/c23-20(16-7-5-8-17(13-16)21(24)25)22-18-9-4-6-15(12-18)14-26-19-10-2-1-3-11-19/h4,6,9,12,16-17,19H,1-3,5,7-8,10-11,13-14H2,(H,22,23)(H,24,25). The maximum atomic E-state index is 12.5. The van der Waals surface area contributed by atoms with Gasteiger partial charge < -0.3 is 15.2 Å². The van der Waals surface area contributed by atoms with Crippen LogP contribution in [0.4, 0.5) is 5.69 Å². The van der Waals surface area contributed by atoms with Crippen LogP contribution in [0.2, 0.25) is 0 Å². The van der Waals surface area contributed by atoms with Gasteiger partial charge in [0.15, 0.2) is 0 Å². The lowest BCUT2D eigenvalue weighted by molar-refractivity contribution is -0.143. The number of aliphatic carboxylic acids is 1. The highest BCUT2D eigenvalue weighted by Gasteiger charge is 2.31. The summed E-state index contributed by atoms with van der Waals surface area (Å²) in [5, 5.41) is 12.1. The molecule has 0 saturated heterocycles. The third-order valence-corrected chi connectivity index (χ3v) is 5.63. The van der Waals surface area contributed by atoms with Crippen molar-refractivity contribution < 1.29 is 19.4 Å². The van der Waals surface area contributed by atoms with Gasteiger partial charge in [0.1, 0.15) is 0 Å². The molecule has 0 radical (unpaired) electrons. The molecule has 0 aromatic heterocycles. The van der Waals surface area contributed by atoms with Crippen LogP contribution in [0.5, 0.6) is 0 Å². The average Bonchev–Trinajstić information content (AvgIpc) is 2.67. The Kier molecular flexibility index (Phi) is 6.67. The molecule has 5 heteroatoms. The second kappa shape index (κ2) is 9.17. The quantitative estimate of drug-likeness (QED) is 0.791. The summed E-state index contributed by atoms with van der Waals surface area (Å²) < 4.78 is 6.01. The number of carboxylic acids is 1. The molecule has 2 fully saturated rings. The largest absolute Gasteiger partial charge is 0.481 e. The van der Waals surface area contributed by atoms with Gasteiger partial charge in [0.25, 0.3) is 0 Å². The van der Waals surface area contributed by atoms with Crippen LogP contribution in [0.1, 0.15) is 63.4 Å². The fourth-order valence-electron chi connectivity index (χ4n) is 4.08. The summed E-state index contributed by atoms with van der Waals surface area (Å²) in [4.78, 5) is 23.7. The molecule has 2 atom stereocenters. The second-order valence-corrected chi connectivity index (χ2v) is 7.66. The Morgan fingerprint density at radius 3 is 2.58 bits per heavy atom. The van der Waals surface area contributed by atoms with E-state index in [0.29, 0.717) is 25.6 Å². The molecular formula is C21H29NO4. The van der Waals surface area contributed by atoms with Crippen molar-refractivity contribution in [1.29, 1.82) is 0 Å². The molecule has 0 heterocycles. The lowest BCUT2D eigenvalue weighted by Gasteiger charge is -2.25. The van der Waals surface area contributed by atoms with E-state index < -0.39 is 11.9 Å². The van der Waals surface area contributed by atoms with Crippen LogP contribution >= 0.6 is 0 Å². The number of carboxylic acid groups (broad SMARTS) is 1. The monoisotopic (exact) mass is 359 g/mol. The van der Waals surface area contributed by atoms with Crippen LogP contribution in [0.25, 0.3) is 0 Å². The molecule has 2 unspecified atom stereocenters. The molecule has 0 spiro atoms. The molecule has 2 saturated carbocycles. The zero-order valence-electron chi connectivity index (χ0n) is 15.3. The minimum Gasteiger partial charge on any atom is -0.481 e. The van der Waals surface area contributed by atoms with Crippen LogP contribution in [0, 0.1) is 11.8 Å².